The number of methoxy groups -OCH3 is 1. The predicted molar refractivity (Wildman–Crippen MR) is 131 cm³/mol. The van der Waals surface area contributed by atoms with Crippen molar-refractivity contribution in [1.82, 2.24) is 14.5 Å². The lowest BCUT2D eigenvalue weighted by Gasteiger charge is -2.16. The van der Waals surface area contributed by atoms with Crippen molar-refractivity contribution in [2.24, 2.45) is 11.3 Å². The van der Waals surface area contributed by atoms with E-state index in [1.165, 1.54) is 18.0 Å². The lowest BCUT2D eigenvalue weighted by atomic mass is 9.99. The van der Waals surface area contributed by atoms with Crippen molar-refractivity contribution < 1.29 is 23.0 Å². The molecule has 1 amide bonds. The monoisotopic (exact) mass is 490 g/mol. The summed E-state index contributed by atoms with van der Waals surface area (Å²) < 4.78 is 39.0. The average molecular weight is 491 g/mol. The van der Waals surface area contributed by atoms with E-state index in [1.54, 1.807) is 24.5 Å². The van der Waals surface area contributed by atoms with Gasteiger partial charge in [0.1, 0.15) is 12.1 Å². The van der Waals surface area contributed by atoms with E-state index in [-0.39, 0.29) is 11.8 Å². The highest BCUT2D eigenvalue weighted by molar-refractivity contribution is 6.04. The van der Waals surface area contributed by atoms with Crippen LogP contribution in [0.4, 0.5) is 14.5 Å². The lowest BCUT2D eigenvalue weighted by molar-refractivity contribution is -0.121. The number of carbonyl (C=O) groups is 1. The molecule has 1 aliphatic carbocycles. The van der Waals surface area contributed by atoms with Gasteiger partial charge in [-0.05, 0) is 18.1 Å². The number of nitrogens with one attached hydrogen (secondary N) is 1. The van der Waals surface area contributed by atoms with Crippen molar-refractivity contribution in [3.63, 3.8) is 0 Å². The number of fused-ring (bicyclic) bond motifs is 2. The first-order valence-electron chi connectivity index (χ1n) is 11.7. The highest BCUT2D eigenvalue weighted by Crippen LogP contribution is 2.57. The smallest absolute Gasteiger partial charge is 0.256 e. The minimum Gasteiger partial charge on any atom is -0.494 e. The summed E-state index contributed by atoms with van der Waals surface area (Å²) in [5.41, 5.74) is 3.59. The Bertz CT molecular complexity index is 1460. The zero-order chi connectivity index (χ0) is 24.9. The summed E-state index contributed by atoms with van der Waals surface area (Å²) in [6.07, 6.45) is 3.16. The number of carbonyl (C=O) groups excluding carboxylic acids is 1. The zero-order valence-corrected chi connectivity index (χ0v) is 19.6. The Kier molecular flexibility index (Phi) is 5.44. The molecular formula is C27H24F2N4O3. The maximum atomic E-state index is 13.2. The molecule has 6 rings (SSSR count). The van der Waals surface area contributed by atoms with Crippen LogP contribution < -0.4 is 10.1 Å². The number of anilines is 1. The van der Waals surface area contributed by atoms with Crippen molar-refractivity contribution in [3.05, 3.63) is 61.2 Å². The molecule has 2 aliphatic rings. The molecule has 2 atom stereocenters. The first-order valence-corrected chi connectivity index (χ1v) is 11.7. The number of hydrogen-bond acceptors (Lipinski definition) is 5. The van der Waals surface area contributed by atoms with E-state index >= 15 is 0 Å². The number of hydrogen-bond donors (Lipinski definition) is 1. The molecule has 1 aliphatic heterocycles. The van der Waals surface area contributed by atoms with Gasteiger partial charge in [-0.2, -0.15) is 0 Å². The Balaban J connectivity index is 1.47. The highest BCUT2D eigenvalue weighted by atomic mass is 19.3. The summed E-state index contributed by atoms with van der Waals surface area (Å²) >= 11 is 0. The molecule has 0 spiro atoms. The molecule has 0 bridgehead atoms. The van der Waals surface area contributed by atoms with E-state index in [2.05, 4.69) is 15.3 Å². The number of amides is 1. The molecule has 184 valence electrons. The van der Waals surface area contributed by atoms with Gasteiger partial charge < -0.3 is 19.4 Å². The Morgan fingerprint density at radius 2 is 2.03 bits per heavy atom. The summed E-state index contributed by atoms with van der Waals surface area (Å²) in [6, 6.07) is 13.1. The van der Waals surface area contributed by atoms with Crippen LogP contribution in [0.2, 0.25) is 0 Å². The average Bonchev–Trinajstić information content (AvgIpc) is 3.21. The van der Waals surface area contributed by atoms with Gasteiger partial charge in [-0.3, -0.25) is 4.79 Å². The second kappa shape index (κ2) is 8.67. The number of benzene rings is 2. The van der Waals surface area contributed by atoms with E-state index in [1.807, 2.05) is 30.3 Å². The third-order valence-electron chi connectivity index (χ3n) is 7.14. The van der Waals surface area contributed by atoms with Gasteiger partial charge >= 0.3 is 0 Å². The Morgan fingerprint density at radius 3 is 2.72 bits per heavy atom. The summed E-state index contributed by atoms with van der Waals surface area (Å²) in [6.45, 7) is 0.604. The maximum Gasteiger partial charge on any atom is 0.256 e. The predicted octanol–water partition coefficient (Wildman–Crippen LogP) is 5.01. The van der Waals surface area contributed by atoms with Gasteiger partial charge in [0.25, 0.3) is 6.43 Å². The zero-order valence-electron chi connectivity index (χ0n) is 19.6. The molecule has 1 saturated heterocycles. The normalized spacial score (nSPS) is 20.5. The van der Waals surface area contributed by atoms with Gasteiger partial charge in [0.05, 0.1) is 49.2 Å². The van der Waals surface area contributed by atoms with Gasteiger partial charge in [-0.25, -0.2) is 18.7 Å². The van der Waals surface area contributed by atoms with Gasteiger partial charge in [0, 0.05) is 40.9 Å². The summed E-state index contributed by atoms with van der Waals surface area (Å²) in [5, 5.41) is 3.70. The number of alkyl halides is 2. The number of aromatic nitrogens is 3. The Labute approximate surface area is 206 Å². The molecule has 1 N–H and O–H groups in total. The second-order valence-electron chi connectivity index (χ2n) is 9.36. The van der Waals surface area contributed by atoms with Gasteiger partial charge in [-0.15, -0.1) is 0 Å². The second-order valence-corrected chi connectivity index (χ2v) is 9.36. The highest BCUT2D eigenvalue weighted by Gasteiger charge is 2.63. The van der Waals surface area contributed by atoms with Crippen molar-refractivity contribution in [1.29, 1.82) is 0 Å². The van der Waals surface area contributed by atoms with Crippen LogP contribution in [-0.2, 0) is 16.1 Å². The number of halogens is 2. The molecule has 2 fully saturated rings. The van der Waals surface area contributed by atoms with Crippen LogP contribution in [0.25, 0.3) is 33.3 Å². The Morgan fingerprint density at radius 1 is 1.22 bits per heavy atom. The fourth-order valence-electron chi connectivity index (χ4n) is 5.12. The minimum absolute atomic E-state index is 0.0888. The summed E-state index contributed by atoms with van der Waals surface area (Å²) in [5.74, 6) is 0.645. The van der Waals surface area contributed by atoms with E-state index < -0.39 is 18.4 Å². The van der Waals surface area contributed by atoms with Crippen molar-refractivity contribution >= 4 is 22.5 Å². The van der Waals surface area contributed by atoms with Crippen LogP contribution in [0.5, 0.6) is 5.75 Å². The van der Waals surface area contributed by atoms with Gasteiger partial charge in [0.2, 0.25) is 5.91 Å². The fourth-order valence-corrected chi connectivity index (χ4v) is 5.12. The first-order chi connectivity index (χ1) is 17.5. The third-order valence-corrected chi connectivity index (χ3v) is 7.14. The van der Waals surface area contributed by atoms with E-state index in [0.29, 0.717) is 46.8 Å². The minimum atomic E-state index is -2.49. The topological polar surface area (TPSA) is 78.3 Å². The molecule has 3 heterocycles. The third kappa shape index (κ3) is 3.80. The first kappa shape index (κ1) is 22.6. The number of rotatable bonds is 7. The van der Waals surface area contributed by atoms with Gasteiger partial charge in [-0.1, -0.05) is 30.3 Å². The summed E-state index contributed by atoms with van der Waals surface area (Å²) in [4.78, 5) is 22.1. The fraction of sp³-hybridized carbons (Fsp3) is 0.296. The molecule has 7 nitrogen and oxygen atoms in total. The molecule has 36 heavy (non-hydrogen) atoms. The molecule has 2 aromatic carbocycles. The molecule has 1 saturated carbocycles. The molecule has 9 heteroatoms. The van der Waals surface area contributed by atoms with Crippen LogP contribution in [0.15, 0.2) is 61.2 Å². The van der Waals surface area contributed by atoms with E-state index in [0.717, 1.165) is 17.5 Å². The maximum absolute atomic E-state index is 13.2. The molecule has 2 aromatic heterocycles. The van der Waals surface area contributed by atoms with E-state index in [9.17, 15) is 13.6 Å². The van der Waals surface area contributed by atoms with E-state index in [4.69, 9.17) is 9.47 Å². The molecule has 0 radical (unpaired) electrons. The lowest BCUT2D eigenvalue weighted by Crippen LogP contribution is -2.27. The van der Waals surface area contributed by atoms with Crippen LogP contribution >= 0.6 is 0 Å². The largest absolute Gasteiger partial charge is 0.494 e. The quantitative estimate of drug-likeness (QED) is 0.394. The molecular weight excluding hydrogens is 466 g/mol. The SMILES string of the molecule is COc1cc2ncnc(-c3cn(CC(F)F)cc3-c3ccccc3)c2cc1NC(=O)[C@@]12COC[C@@H]1C2. The van der Waals surface area contributed by atoms with Crippen LogP contribution in [0, 0.1) is 11.3 Å². The van der Waals surface area contributed by atoms with Crippen LogP contribution in [0.3, 0.4) is 0 Å². The summed E-state index contributed by atoms with van der Waals surface area (Å²) in [7, 11) is 1.54. The van der Waals surface area contributed by atoms with Crippen LogP contribution in [-0.4, -0.2) is 47.2 Å². The van der Waals surface area contributed by atoms with Crippen LogP contribution in [0.1, 0.15) is 6.42 Å². The molecule has 0 unspecified atom stereocenters. The number of nitrogens with zero attached hydrogens (tertiary/aromatic N) is 3. The van der Waals surface area contributed by atoms with Crippen molar-refractivity contribution in [3.8, 4) is 28.1 Å². The Hall–Kier alpha value is -3.85. The molecule has 4 aromatic rings. The standard InChI is InChI=1S/C27H24F2N4O3/c1-35-23-8-21-18(7-22(23)32-26(34)27-9-17(27)13-36-14-27)25(31-15-30-21)20-11-33(12-24(28)29)10-19(20)16-5-3-2-4-6-16/h2-8,10-11,15,17,24H,9,12-14H2,1H3,(H,32,34)/t17-,27-/m0/s1. The van der Waals surface area contributed by atoms with Crippen molar-refractivity contribution in [2.45, 2.75) is 19.4 Å². The van der Waals surface area contributed by atoms with Gasteiger partial charge in [0.15, 0.2) is 0 Å². The van der Waals surface area contributed by atoms with Crippen molar-refractivity contribution in [2.75, 3.05) is 25.6 Å². The number of ether oxygens (including phenoxy) is 2.